The van der Waals surface area contributed by atoms with E-state index in [1.165, 1.54) is 17.2 Å². The lowest BCUT2D eigenvalue weighted by Crippen LogP contribution is -2.44. The van der Waals surface area contributed by atoms with Crippen molar-refractivity contribution in [3.05, 3.63) is 54.0 Å². The van der Waals surface area contributed by atoms with Crippen LogP contribution in [0.3, 0.4) is 0 Å². The third-order valence-corrected chi connectivity index (χ3v) is 6.22. The van der Waals surface area contributed by atoms with Crippen LogP contribution in [0.2, 0.25) is 0 Å². The zero-order valence-corrected chi connectivity index (χ0v) is 17.8. The molecule has 4 aromatic rings. The van der Waals surface area contributed by atoms with E-state index in [0.717, 1.165) is 6.07 Å². The molecule has 5 heterocycles. The number of carbonyl (C=O) groups is 1. The Bertz CT molecular complexity index is 1500. The largest absolute Gasteiger partial charge is 0.573 e. The number of fused-ring (bicyclic) bond motifs is 6. The van der Waals surface area contributed by atoms with Crippen LogP contribution in [-0.4, -0.2) is 49.2 Å². The number of nitrogens with two attached hydrogens (primary N) is 1. The molecule has 9 nitrogen and oxygen atoms in total. The molecule has 35 heavy (non-hydrogen) atoms. The minimum Gasteiger partial charge on any atom is -0.484 e. The Kier molecular flexibility index (Phi) is 4.53. The standard InChI is InChI=1S/C22H16F4N6O3/c23-17-15(35-22(24,25)26)4-3-10-18-16(34-19(10)17)2-1-5-31(18)21(33)11-6-13-12(7-29-11)30-20(27)14-8-28-9-32(13)14/h3-4,6-9,16,18H,1-2,5H2,(H2,27,30)/t16-,18-/m0/s1. The number of aromatic nitrogens is 4. The summed E-state index contributed by atoms with van der Waals surface area (Å²) >= 11 is 0. The minimum absolute atomic E-state index is 0.116. The van der Waals surface area contributed by atoms with Crippen LogP contribution >= 0.6 is 0 Å². The topological polar surface area (TPSA) is 108 Å². The number of hydrogen-bond donors (Lipinski definition) is 1. The fraction of sp³-hybridized carbons (Fsp3) is 0.273. The number of likely N-dealkylation sites (tertiary alicyclic amines) is 1. The van der Waals surface area contributed by atoms with Crippen molar-refractivity contribution in [3.63, 3.8) is 0 Å². The van der Waals surface area contributed by atoms with Crippen LogP contribution in [0.25, 0.3) is 16.6 Å². The molecule has 0 aliphatic carbocycles. The van der Waals surface area contributed by atoms with Crippen LogP contribution in [0, 0.1) is 5.82 Å². The molecule has 1 amide bonds. The highest BCUT2D eigenvalue weighted by Gasteiger charge is 2.46. The van der Waals surface area contributed by atoms with Crippen molar-refractivity contribution >= 4 is 28.3 Å². The van der Waals surface area contributed by atoms with Crippen molar-refractivity contribution in [2.24, 2.45) is 0 Å². The monoisotopic (exact) mass is 488 g/mol. The van der Waals surface area contributed by atoms with E-state index in [0.29, 0.717) is 35.9 Å². The number of nitrogen functional groups attached to an aromatic ring is 1. The normalized spacial score (nSPS) is 19.5. The van der Waals surface area contributed by atoms with Gasteiger partial charge < -0.3 is 20.1 Å². The van der Waals surface area contributed by atoms with Gasteiger partial charge in [-0.3, -0.25) is 9.20 Å². The number of imidazole rings is 1. The lowest BCUT2D eigenvalue weighted by Gasteiger charge is -2.36. The van der Waals surface area contributed by atoms with Gasteiger partial charge in [-0.1, -0.05) is 0 Å². The van der Waals surface area contributed by atoms with Gasteiger partial charge in [0.1, 0.15) is 28.6 Å². The van der Waals surface area contributed by atoms with Crippen molar-refractivity contribution in [1.82, 2.24) is 24.3 Å². The maximum Gasteiger partial charge on any atom is 0.573 e. The van der Waals surface area contributed by atoms with Crippen molar-refractivity contribution in [3.8, 4) is 11.5 Å². The third-order valence-electron chi connectivity index (χ3n) is 6.22. The smallest absolute Gasteiger partial charge is 0.484 e. The Labute approximate surface area is 194 Å². The SMILES string of the molecule is Nc1nc2cnc(C(=O)N3CCC[C@@H]4Oc5c(ccc(OC(F)(F)F)c5F)[C@@H]43)cc2n2cncc12. The number of ether oxygens (including phenoxy) is 2. The van der Waals surface area contributed by atoms with Gasteiger partial charge in [0.2, 0.25) is 5.82 Å². The van der Waals surface area contributed by atoms with Crippen LogP contribution < -0.4 is 15.2 Å². The Morgan fingerprint density at radius 3 is 2.86 bits per heavy atom. The number of carbonyl (C=O) groups excluding carboxylic acids is 1. The highest BCUT2D eigenvalue weighted by atomic mass is 19.4. The van der Waals surface area contributed by atoms with E-state index in [9.17, 15) is 22.4 Å². The Hall–Kier alpha value is -4.16. The Morgan fingerprint density at radius 1 is 1.23 bits per heavy atom. The molecule has 1 saturated heterocycles. The first-order chi connectivity index (χ1) is 16.7. The van der Waals surface area contributed by atoms with Gasteiger partial charge in [-0.2, -0.15) is 4.39 Å². The second kappa shape index (κ2) is 7.42. The molecule has 3 aromatic heterocycles. The van der Waals surface area contributed by atoms with E-state index in [-0.39, 0.29) is 22.8 Å². The summed E-state index contributed by atoms with van der Waals surface area (Å²) in [6.07, 6.45) is -0.0689. The highest BCUT2D eigenvalue weighted by Crippen LogP contribution is 2.48. The van der Waals surface area contributed by atoms with Crippen LogP contribution in [0.4, 0.5) is 23.4 Å². The second-order valence-corrected chi connectivity index (χ2v) is 8.29. The number of rotatable bonds is 2. The molecule has 1 aromatic carbocycles. The fourth-order valence-electron chi connectivity index (χ4n) is 4.78. The average molecular weight is 488 g/mol. The molecule has 0 unspecified atom stereocenters. The van der Waals surface area contributed by atoms with E-state index < -0.39 is 36.0 Å². The highest BCUT2D eigenvalue weighted by molar-refractivity contribution is 5.96. The van der Waals surface area contributed by atoms with Gasteiger partial charge in [-0.25, -0.2) is 15.0 Å². The van der Waals surface area contributed by atoms with Gasteiger partial charge in [0.25, 0.3) is 5.91 Å². The predicted octanol–water partition coefficient (Wildman–Crippen LogP) is 3.64. The van der Waals surface area contributed by atoms with E-state index >= 15 is 0 Å². The quantitative estimate of drug-likeness (QED) is 0.429. The molecule has 0 spiro atoms. The third kappa shape index (κ3) is 3.37. The summed E-state index contributed by atoms with van der Waals surface area (Å²) in [5.41, 5.74) is 7.96. The molecule has 6 rings (SSSR count). The Balaban J connectivity index is 1.38. The van der Waals surface area contributed by atoms with Gasteiger partial charge in [-0.05, 0) is 31.0 Å². The number of hydrogen-bond acceptors (Lipinski definition) is 7. The molecular formula is C22H16F4N6O3. The minimum atomic E-state index is -5.05. The number of anilines is 1. The predicted molar refractivity (Wildman–Crippen MR) is 113 cm³/mol. The van der Waals surface area contributed by atoms with Gasteiger partial charge in [0, 0.05) is 12.1 Å². The molecule has 2 N–H and O–H groups in total. The average Bonchev–Trinajstić information content (AvgIpc) is 3.46. The molecule has 180 valence electrons. The molecular weight excluding hydrogens is 472 g/mol. The molecule has 2 aliphatic rings. The number of halogens is 4. The molecule has 0 radical (unpaired) electrons. The van der Waals surface area contributed by atoms with E-state index in [1.54, 1.807) is 23.0 Å². The number of nitrogens with zero attached hydrogens (tertiary/aromatic N) is 5. The van der Waals surface area contributed by atoms with Crippen molar-refractivity contribution in [1.29, 1.82) is 0 Å². The van der Waals surface area contributed by atoms with Crippen LogP contribution in [0.1, 0.15) is 34.9 Å². The Morgan fingerprint density at radius 2 is 2.06 bits per heavy atom. The van der Waals surface area contributed by atoms with E-state index in [1.807, 2.05) is 0 Å². The van der Waals surface area contributed by atoms with Crippen molar-refractivity contribution < 1.29 is 31.8 Å². The van der Waals surface area contributed by atoms with Crippen LogP contribution in [-0.2, 0) is 0 Å². The number of amides is 1. The summed E-state index contributed by atoms with van der Waals surface area (Å²) in [7, 11) is 0. The maximum absolute atomic E-state index is 14.8. The zero-order valence-electron chi connectivity index (χ0n) is 17.8. The summed E-state index contributed by atoms with van der Waals surface area (Å²) in [4.78, 5) is 27.7. The first-order valence-electron chi connectivity index (χ1n) is 10.6. The molecule has 1 fully saturated rings. The van der Waals surface area contributed by atoms with Crippen LogP contribution in [0.5, 0.6) is 11.5 Å². The van der Waals surface area contributed by atoms with Crippen molar-refractivity contribution in [2.45, 2.75) is 31.3 Å². The molecule has 0 saturated carbocycles. The summed E-state index contributed by atoms with van der Waals surface area (Å²) in [6.45, 7) is 0.339. The lowest BCUT2D eigenvalue weighted by atomic mass is 9.94. The van der Waals surface area contributed by atoms with E-state index in [2.05, 4.69) is 19.7 Å². The van der Waals surface area contributed by atoms with Crippen molar-refractivity contribution in [2.75, 3.05) is 12.3 Å². The summed E-state index contributed by atoms with van der Waals surface area (Å²) in [5.74, 6) is -2.74. The van der Waals surface area contributed by atoms with Gasteiger partial charge >= 0.3 is 6.36 Å². The van der Waals surface area contributed by atoms with Crippen LogP contribution in [0.15, 0.2) is 36.9 Å². The first kappa shape index (κ1) is 21.4. The molecule has 2 atom stereocenters. The first-order valence-corrected chi connectivity index (χ1v) is 10.6. The maximum atomic E-state index is 14.8. The van der Waals surface area contributed by atoms with Gasteiger partial charge in [0.05, 0.1) is 30.3 Å². The number of alkyl halides is 3. The number of pyridine rings is 1. The molecule has 13 heteroatoms. The summed E-state index contributed by atoms with van der Waals surface area (Å²) in [5, 5.41) is 0. The summed E-state index contributed by atoms with van der Waals surface area (Å²) < 4.78 is 63.8. The van der Waals surface area contributed by atoms with Gasteiger partial charge in [-0.15, -0.1) is 13.2 Å². The number of benzene rings is 1. The van der Waals surface area contributed by atoms with E-state index in [4.69, 9.17) is 10.5 Å². The van der Waals surface area contributed by atoms with Gasteiger partial charge in [0.15, 0.2) is 11.5 Å². The molecule has 0 bridgehead atoms. The fourth-order valence-corrected chi connectivity index (χ4v) is 4.78. The summed E-state index contributed by atoms with van der Waals surface area (Å²) in [6, 6.07) is 3.08. The zero-order chi connectivity index (χ0) is 24.5. The lowest BCUT2D eigenvalue weighted by molar-refractivity contribution is -0.275. The second-order valence-electron chi connectivity index (χ2n) is 8.29. The molecule has 2 aliphatic heterocycles. The number of piperidine rings is 1.